The molecule has 2 fully saturated rings. The number of rotatable bonds is 8. The fraction of sp³-hybridized carbons (Fsp3) is 0.386. The van der Waals surface area contributed by atoms with Gasteiger partial charge in [0.25, 0.3) is 5.91 Å². The molecule has 4 aliphatic heterocycles. The van der Waals surface area contributed by atoms with Crippen LogP contribution in [0.2, 0.25) is 18.6 Å². The van der Waals surface area contributed by atoms with E-state index in [0.29, 0.717) is 25.9 Å². The average molecular weight is 744 g/mol. The second-order valence-corrected chi connectivity index (χ2v) is 20.6. The Morgan fingerprint density at radius 3 is 2.35 bits per heavy atom. The van der Waals surface area contributed by atoms with Crippen LogP contribution in [0.25, 0.3) is 0 Å². The standard InChI is InChI=1S/C44H49N3O6Si/c1-29-42(54(3,4)36-20-18-35(52-2)19-21-36)39(26-41(50)46-27-31-13-9-8-12-30(31)24-34(46)28-48)53-44(29)37-25-33(45-23-11-10-16-40(45)49)17-22-38(37)47(43(44)51)32-14-6-5-7-15-32/h5-9,12-15,17-22,25,29,34,39,42,48H,10-11,16,23-24,26-28H2,1-4H3/t29-,34+,39+,42-,44+/m1/s1. The monoisotopic (exact) mass is 743 g/mol. The summed E-state index contributed by atoms with van der Waals surface area (Å²) in [5.41, 5.74) is 3.62. The molecule has 4 heterocycles. The Morgan fingerprint density at radius 2 is 1.65 bits per heavy atom. The predicted octanol–water partition coefficient (Wildman–Crippen LogP) is 6.44. The topological polar surface area (TPSA) is 99.6 Å². The number of fused-ring (bicyclic) bond motifs is 3. The van der Waals surface area contributed by atoms with Crippen LogP contribution in [0.3, 0.4) is 0 Å². The second-order valence-electron chi connectivity index (χ2n) is 15.9. The number of hydrogen-bond acceptors (Lipinski definition) is 6. The lowest BCUT2D eigenvalue weighted by Crippen LogP contribution is -2.52. The molecule has 3 amide bonds. The van der Waals surface area contributed by atoms with E-state index in [0.717, 1.165) is 52.3 Å². The number of aliphatic hydroxyl groups is 1. The summed E-state index contributed by atoms with van der Waals surface area (Å²) in [6.07, 6.45) is 2.33. The van der Waals surface area contributed by atoms with Crippen molar-refractivity contribution in [2.24, 2.45) is 5.92 Å². The average Bonchev–Trinajstić information content (AvgIpc) is 3.63. The number of benzene rings is 4. The summed E-state index contributed by atoms with van der Waals surface area (Å²) < 4.78 is 12.9. The molecule has 0 bridgehead atoms. The van der Waals surface area contributed by atoms with Crippen molar-refractivity contribution in [3.8, 4) is 5.75 Å². The van der Waals surface area contributed by atoms with E-state index < -0.39 is 19.8 Å². The SMILES string of the molecule is COc1ccc([Si](C)(C)[C@H]2[C@H](CC(=O)N3Cc4ccccc4C[C@H]3CO)O[C@@]3(C(=O)N(c4ccccc4)c4ccc(N5CCCCC5=O)cc43)[C@@H]2C)cc1. The van der Waals surface area contributed by atoms with Gasteiger partial charge in [0, 0.05) is 42.4 Å². The van der Waals surface area contributed by atoms with Crippen LogP contribution >= 0.6 is 0 Å². The molecule has 8 rings (SSSR count). The summed E-state index contributed by atoms with van der Waals surface area (Å²) in [6, 6.07) is 31.5. The molecule has 0 saturated carbocycles. The van der Waals surface area contributed by atoms with Crippen LogP contribution in [0, 0.1) is 5.92 Å². The van der Waals surface area contributed by atoms with Crippen LogP contribution in [0.5, 0.6) is 5.75 Å². The first-order chi connectivity index (χ1) is 26.1. The highest BCUT2D eigenvalue weighted by Crippen LogP contribution is 2.61. The van der Waals surface area contributed by atoms with Gasteiger partial charge in [-0.1, -0.05) is 79.8 Å². The van der Waals surface area contributed by atoms with Crippen molar-refractivity contribution < 1.29 is 29.0 Å². The number of nitrogens with zero attached hydrogens (tertiary/aromatic N) is 3. The van der Waals surface area contributed by atoms with Gasteiger partial charge in [0.1, 0.15) is 5.75 Å². The Bertz CT molecular complexity index is 2070. The zero-order chi connectivity index (χ0) is 37.8. The maximum Gasteiger partial charge on any atom is 0.268 e. The Kier molecular flexibility index (Phi) is 9.48. The number of aliphatic hydroxyl groups excluding tert-OH is 1. The smallest absolute Gasteiger partial charge is 0.268 e. The van der Waals surface area contributed by atoms with E-state index in [1.807, 2.05) is 83.8 Å². The molecule has 5 atom stereocenters. The summed E-state index contributed by atoms with van der Waals surface area (Å²) in [7, 11) is -0.891. The maximum atomic E-state index is 15.4. The lowest BCUT2D eigenvalue weighted by Gasteiger charge is -2.39. The Balaban J connectivity index is 1.25. The lowest BCUT2D eigenvalue weighted by atomic mass is 9.82. The first-order valence-electron chi connectivity index (χ1n) is 19.2. The summed E-state index contributed by atoms with van der Waals surface area (Å²) in [5, 5.41) is 11.7. The molecular weight excluding hydrogens is 695 g/mol. The van der Waals surface area contributed by atoms with Gasteiger partial charge in [-0.25, -0.2) is 0 Å². The number of anilines is 3. The largest absolute Gasteiger partial charge is 0.497 e. The van der Waals surface area contributed by atoms with E-state index >= 15 is 4.79 Å². The molecule has 0 radical (unpaired) electrons. The van der Waals surface area contributed by atoms with Crippen LogP contribution in [0.1, 0.15) is 49.3 Å². The van der Waals surface area contributed by atoms with Crippen molar-refractivity contribution in [3.63, 3.8) is 0 Å². The zero-order valence-corrected chi connectivity index (χ0v) is 32.5. The second kappa shape index (κ2) is 14.1. The summed E-state index contributed by atoms with van der Waals surface area (Å²) in [6.45, 7) is 7.63. The Labute approximate surface area is 318 Å². The highest BCUT2D eigenvalue weighted by molar-refractivity contribution is 6.91. The first kappa shape index (κ1) is 36.2. The fourth-order valence-corrected chi connectivity index (χ4v) is 13.8. The van der Waals surface area contributed by atoms with Crippen molar-refractivity contribution in [2.75, 3.05) is 30.1 Å². The van der Waals surface area contributed by atoms with E-state index in [4.69, 9.17) is 9.47 Å². The summed E-state index contributed by atoms with van der Waals surface area (Å²) in [5.74, 6) is 0.234. The third-order valence-electron chi connectivity index (χ3n) is 12.6. The van der Waals surface area contributed by atoms with Gasteiger partial charge >= 0.3 is 0 Å². The number of methoxy groups -OCH3 is 1. The molecule has 1 spiro atoms. The van der Waals surface area contributed by atoms with Gasteiger partial charge in [-0.15, -0.1) is 0 Å². The van der Waals surface area contributed by atoms with Gasteiger partial charge in [0.05, 0.1) is 46.0 Å². The molecule has 54 heavy (non-hydrogen) atoms. The van der Waals surface area contributed by atoms with Crippen molar-refractivity contribution in [3.05, 3.63) is 114 Å². The first-order valence-corrected chi connectivity index (χ1v) is 22.3. The van der Waals surface area contributed by atoms with Crippen molar-refractivity contribution in [2.45, 2.75) is 82.0 Å². The summed E-state index contributed by atoms with van der Waals surface area (Å²) in [4.78, 5) is 48.7. The van der Waals surface area contributed by atoms with Crippen LogP contribution in [0.15, 0.2) is 97.1 Å². The number of piperidine rings is 1. The van der Waals surface area contributed by atoms with Gasteiger partial charge in [-0.3, -0.25) is 19.3 Å². The molecule has 4 aromatic carbocycles. The minimum Gasteiger partial charge on any atom is -0.497 e. The molecule has 2 saturated heterocycles. The molecule has 0 unspecified atom stereocenters. The van der Waals surface area contributed by atoms with E-state index in [2.05, 4.69) is 38.2 Å². The predicted molar refractivity (Wildman–Crippen MR) is 212 cm³/mol. The molecule has 4 aliphatic rings. The molecule has 10 heteroatoms. The fourth-order valence-electron chi connectivity index (χ4n) is 9.84. The van der Waals surface area contributed by atoms with Gasteiger partial charge in [-0.05, 0) is 78.4 Å². The van der Waals surface area contributed by atoms with Crippen LogP contribution < -0.4 is 19.7 Å². The van der Waals surface area contributed by atoms with E-state index in [1.54, 1.807) is 16.9 Å². The number of hydrogen-bond donors (Lipinski definition) is 1. The number of para-hydroxylation sites is 1. The molecule has 1 N–H and O–H groups in total. The van der Waals surface area contributed by atoms with Crippen LogP contribution in [-0.4, -0.2) is 68.2 Å². The van der Waals surface area contributed by atoms with Gasteiger partial charge < -0.3 is 24.4 Å². The summed E-state index contributed by atoms with van der Waals surface area (Å²) >= 11 is 0. The third-order valence-corrected chi connectivity index (χ3v) is 17.0. The lowest BCUT2D eigenvalue weighted by molar-refractivity contribution is -0.150. The van der Waals surface area contributed by atoms with Gasteiger partial charge in [0.2, 0.25) is 11.8 Å². The normalized spacial score (nSPS) is 25.2. The van der Waals surface area contributed by atoms with Crippen molar-refractivity contribution in [1.29, 1.82) is 0 Å². The Hall–Kier alpha value is -4.77. The number of carbonyl (C=O) groups excluding carboxylic acids is 3. The number of amides is 3. The minimum absolute atomic E-state index is 0.0697. The van der Waals surface area contributed by atoms with Crippen molar-refractivity contribution >= 4 is 48.0 Å². The molecule has 4 aromatic rings. The van der Waals surface area contributed by atoms with Gasteiger partial charge in [0.15, 0.2) is 5.60 Å². The maximum absolute atomic E-state index is 15.4. The third kappa shape index (κ3) is 5.86. The molecule has 9 nitrogen and oxygen atoms in total. The van der Waals surface area contributed by atoms with Crippen molar-refractivity contribution in [1.82, 2.24) is 4.90 Å². The highest BCUT2D eigenvalue weighted by atomic mass is 28.3. The Morgan fingerprint density at radius 1 is 0.926 bits per heavy atom. The molecule has 280 valence electrons. The van der Waals surface area contributed by atoms with E-state index in [-0.39, 0.29) is 48.3 Å². The quantitative estimate of drug-likeness (QED) is 0.209. The van der Waals surface area contributed by atoms with Crippen LogP contribution in [0.4, 0.5) is 17.1 Å². The number of carbonyl (C=O) groups is 3. The van der Waals surface area contributed by atoms with Gasteiger partial charge in [-0.2, -0.15) is 0 Å². The van der Waals surface area contributed by atoms with E-state index in [9.17, 15) is 14.7 Å². The zero-order valence-electron chi connectivity index (χ0n) is 31.5. The number of ether oxygens (including phenoxy) is 2. The molecule has 0 aromatic heterocycles. The minimum atomic E-state index is -2.55. The molecule has 0 aliphatic carbocycles. The van der Waals surface area contributed by atoms with E-state index in [1.165, 1.54) is 5.19 Å². The highest BCUT2D eigenvalue weighted by Gasteiger charge is 2.67. The molecular formula is C44H49N3O6Si. The van der Waals surface area contributed by atoms with Crippen LogP contribution in [-0.2, 0) is 37.7 Å².